The number of aliphatic hydroxyl groups is 2. The van der Waals surface area contributed by atoms with Crippen LogP contribution in [0.4, 0.5) is 24.9 Å². The number of carbonyl (C=O) groups excluding carboxylic acids is 1. The van der Waals surface area contributed by atoms with Crippen LogP contribution in [0.3, 0.4) is 0 Å². The fourth-order valence-electron chi connectivity index (χ4n) is 7.33. The number of anilines is 2. The third kappa shape index (κ3) is 10.8. The molecular formula is C41H47F3N8O5. The minimum Gasteiger partial charge on any atom is -0.475 e. The van der Waals surface area contributed by atoms with Gasteiger partial charge in [0, 0.05) is 25.6 Å². The molecule has 6 N–H and O–H groups in total. The van der Waals surface area contributed by atoms with Gasteiger partial charge in [0.1, 0.15) is 12.2 Å². The van der Waals surface area contributed by atoms with Crippen molar-refractivity contribution in [1.82, 2.24) is 29.7 Å². The lowest BCUT2D eigenvalue weighted by Crippen LogP contribution is -2.43. The normalized spacial score (nSPS) is 19.8. The second-order valence-electron chi connectivity index (χ2n) is 14.2. The van der Waals surface area contributed by atoms with Gasteiger partial charge in [-0.25, -0.2) is 9.78 Å². The van der Waals surface area contributed by atoms with Crippen molar-refractivity contribution in [3.8, 4) is 0 Å². The maximum Gasteiger partial charge on any atom is 0.490 e. The molecule has 4 atom stereocenters. The maximum absolute atomic E-state index is 12.9. The standard InChI is InChI=1S/C39H46N8O3.C2HF3O2/c48-33(23-27-13-5-1-6-14-27)43-31-24-32(36(50)35(31)49)47-26-42-34-37(44-39(45-38(34)47)40-19-22-46-20-11-4-12-21-46)41-25-30(28-15-7-2-8-16-28)29-17-9-3-10-18-29;3-2(4,5)1(6)7/h1-3,5-10,13-18,26,30-32,35-36,49-50H,4,11-12,19-25H2,(H,43,48)(H2,40,41,44,45);(H,6,7)/t31-,32+,35+,36-;/m0./s1. The van der Waals surface area contributed by atoms with Crippen LogP contribution in [0.15, 0.2) is 97.3 Å². The number of fused-ring (bicyclic) bond motifs is 1. The summed E-state index contributed by atoms with van der Waals surface area (Å²) in [7, 11) is 0. The number of imidazole rings is 1. The number of aromatic nitrogens is 4. The van der Waals surface area contributed by atoms with Crippen molar-refractivity contribution in [2.24, 2.45) is 0 Å². The summed E-state index contributed by atoms with van der Waals surface area (Å²) in [6.45, 7) is 4.36. The lowest BCUT2D eigenvalue weighted by Gasteiger charge is -2.26. The van der Waals surface area contributed by atoms with Gasteiger partial charge in [0.2, 0.25) is 11.9 Å². The number of nitrogens with one attached hydrogen (secondary N) is 3. The summed E-state index contributed by atoms with van der Waals surface area (Å²) >= 11 is 0. The Morgan fingerprint density at radius 2 is 1.42 bits per heavy atom. The first-order chi connectivity index (χ1) is 27.5. The van der Waals surface area contributed by atoms with Gasteiger partial charge in [0.05, 0.1) is 24.8 Å². The number of aliphatic carboxylic acids is 1. The minimum absolute atomic E-state index is 0.0621. The van der Waals surface area contributed by atoms with E-state index in [1.807, 2.05) is 47.0 Å². The van der Waals surface area contributed by atoms with Crippen LogP contribution < -0.4 is 16.0 Å². The number of carboxylic acids is 1. The average molecular weight is 789 g/mol. The fraction of sp³-hybridized carbons (Fsp3) is 0.390. The van der Waals surface area contributed by atoms with Gasteiger partial charge in [-0.05, 0) is 49.0 Å². The van der Waals surface area contributed by atoms with Crippen molar-refractivity contribution in [3.05, 3.63) is 114 Å². The van der Waals surface area contributed by atoms with E-state index in [2.05, 4.69) is 69.4 Å². The van der Waals surface area contributed by atoms with Gasteiger partial charge in [-0.2, -0.15) is 23.1 Å². The quantitative estimate of drug-likeness (QED) is 0.0947. The number of hydrogen-bond donors (Lipinski definition) is 6. The van der Waals surface area contributed by atoms with E-state index in [-0.39, 0.29) is 18.2 Å². The SMILES string of the molecule is O=C(Cc1ccccc1)N[C@H]1C[C@@H](n2cnc3c(NCC(c4ccccc4)c4ccccc4)nc(NCCN4CCCCC4)nc32)[C@H](O)[C@@H]1O.O=C(O)C(F)(F)F. The first-order valence-electron chi connectivity index (χ1n) is 19.0. The van der Waals surface area contributed by atoms with E-state index in [0.29, 0.717) is 42.4 Å². The summed E-state index contributed by atoms with van der Waals surface area (Å²) in [5.41, 5.74) is 4.38. The highest BCUT2D eigenvalue weighted by atomic mass is 19.4. The number of piperidine rings is 1. The Labute approximate surface area is 328 Å². The molecule has 0 radical (unpaired) electrons. The zero-order chi connectivity index (χ0) is 40.4. The summed E-state index contributed by atoms with van der Waals surface area (Å²) in [4.78, 5) is 38.8. The Balaban J connectivity index is 0.000000719. The van der Waals surface area contributed by atoms with Crippen molar-refractivity contribution in [1.29, 1.82) is 0 Å². The van der Waals surface area contributed by atoms with Crippen LogP contribution >= 0.6 is 0 Å². The monoisotopic (exact) mass is 788 g/mol. The zero-order valence-electron chi connectivity index (χ0n) is 31.2. The van der Waals surface area contributed by atoms with E-state index in [1.54, 1.807) is 6.33 Å². The Bertz CT molecular complexity index is 2010. The van der Waals surface area contributed by atoms with E-state index in [0.717, 1.165) is 25.2 Å². The molecule has 0 spiro atoms. The summed E-state index contributed by atoms with van der Waals surface area (Å²) in [5.74, 6) is -1.84. The molecule has 7 rings (SSSR count). The number of carboxylic acid groups (broad SMARTS) is 1. The molecule has 0 unspecified atom stereocenters. The Morgan fingerprint density at radius 1 is 0.825 bits per heavy atom. The van der Waals surface area contributed by atoms with E-state index in [4.69, 9.17) is 24.9 Å². The van der Waals surface area contributed by atoms with Crippen LogP contribution in [0.5, 0.6) is 0 Å². The molecule has 1 aliphatic carbocycles. The highest BCUT2D eigenvalue weighted by molar-refractivity contribution is 5.84. The second kappa shape index (κ2) is 19.0. The van der Waals surface area contributed by atoms with Gasteiger partial charge in [0.25, 0.3) is 0 Å². The smallest absolute Gasteiger partial charge is 0.475 e. The highest BCUT2D eigenvalue weighted by Crippen LogP contribution is 2.35. The van der Waals surface area contributed by atoms with Crippen LogP contribution in [0.2, 0.25) is 0 Å². The molecule has 16 heteroatoms. The van der Waals surface area contributed by atoms with Crippen LogP contribution in [0.25, 0.3) is 11.2 Å². The molecule has 2 aromatic heterocycles. The van der Waals surface area contributed by atoms with E-state index < -0.39 is 36.4 Å². The van der Waals surface area contributed by atoms with E-state index in [1.165, 1.54) is 30.4 Å². The second-order valence-corrected chi connectivity index (χ2v) is 14.2. The molecule has 3 aromatic carbocycles. The molecule has 3 heterocycles. The largest absolute Gasteiger partial charge is 0.490 e. The number of amides is 1. The van der Waals surface area contributed by atoms with Crippen LogP contribution in [-0.2, 0) is 16.0 Å². The maximum atomic E-state index is 12.9. The molecule has 57 heavy (non-hydrogen) atoms. The van der Waals surface area contributed by atoms with E-state index in [9.17, 15) is 28.2 Å². The number of carbonyl (C=O) groups is 2. The zero-order valence-corrected chi connectivity index (χ0v) is 31.2. The number of likely N-dealkylation sites (tertiary alicyclic amines) is 1. The molecular weight excluding hydrogens is 741 g/mol. The van der Waals surface area contributed by atoms with Crippen molar-refractivity contribution in [3.63, 3.8) is 0 Å². The third-order valence-corrected chi connectivity index (χ3v) is 10.3. The van der Waals surface area contributed by atoms with Crippen molar-refractivity contribution < 1.29 is 38.1 Å². The molecule has 5 aromatic rings. The Hall–Kier alpha value is -5.58. The first kappa shape index (κ1) is 41.1. The summed E-state index contributed by atoms with van der Waals surface area (Å²) in [5, 5.41) is 39.5. The third-order valence-electron chi connectivity index (χ3n) is 10.3. The number of halogens is 3. The van der Waals surface area contributed by atoms with Crippen molar-refractivity contribution in [2.45, 2.75) is 68.5 Å². The van der Waals surface area contributed by atoms with Crippen molar-refractivity contribution >= 4 is 34.8 Å². The molecule has 1 saturated heterocycles. The molecule has 1 aliphatic heterocycles. The molecule has 2 aliphatic rings. The number of alkyl halides is 3. The molecule has 302 valence electrons. The van der Waals surface area contributed by atoms with Crippen LogP contribution in [-0.4, -0.2) is 109 Å². The topological polar surface area (TPSA) is 178 Å². The Morgan fingerprint density at radius 3 is 2.02 bits per heavy atom. The number of benzene rings is 3. The molecule has 0 bridgehead atoms. The molecule has 13 nitrogen and oxygen atoms in total. The van der Waals surface area contributed by atoms with Crippen molar-refractivity contribution in [2.75, 3.05) is 43.4 Å². The first-order valence-corrected chi connectivity index (χ1v) is 19.0. The highest BCUT2D eigenvalue weighted by Gasteiger charge is 2.44. The molecule has 2 fully saturated rings. The lowest BCUT2D eigenvalue weighted by atomic mass is 9.91. The average Bonchev–Trinajstić information content (AvgIpc) is 3.75. The summed E-state index contributed by atoms with van der Waals surface area (Å²) in [6.07, 6.45) is -1.44. The van der Waals surface area contributed by atoms with Crippen LogP contribution in [0.1, 0.15) is 54.3 Å². The Kier molecular flexibility index (Phi) is 13.7. The predicted octanol–water partition coefficient (Wildman–Crippen LogP) is 5.00. The summed E-state index contributed by atoms with van der Waals surface area (Å²) in [6, 6.07) is 29.1. The fourth-order valence-corrected chi connectivity index (χ4v) is 7.33. The van der Waals surface area contributed by atoms with Gasteiger partial charge in [-0.15, -0.1) is 0 Å². The lowest BCUT2D eigenvalue weighted by molar-refractivity contribution is -0.192. The number of aliphatic hydroxyl groups excluding tert-OH is 2. The molecule has 1 amide bonds. The van der Waals surface area contributed by atoms with E-state index >= 15 is 0 Å². The van der Waals surface area contributed by atoms with Gasteiger partial charge in [-0.1, -0.05) is 97.4 Å². The minimum atomic E-state index is -5.08. The van der Waals surface area contributed by atoms with Gasteiger partial charge < -0.3 is 40.7 Å². The number of rotatable bonds is 13. The van der Waals surface area contributed by atoms with Gasteiger partial charge in [-0.3, -0.25) is 4.79 Å². The number of nitrogens with zero attached hydrogens (tertiary/aromatic N) is 5. The van der Waals surface area contributed by atoms with Gasteiger partial charge >= 0.3 is 12.1 Å². The molecule has 1 saturated carbocycles. The summed E-state index contributed by atoms with van der Waals surface area (Å²) < 4.78 is 33.6. The number of hydrogen-bond acceptors (Lipinski definition) is 10. The van der Waals surface area contributed by atoms with Crippen LogP contribution in [0, 0.1) is 0 Å². The van der Waals surface area contributed by atoms with Gasteiger partial charge in [0.15, 0.2) is 17.0 Å². The predicted molar refractivity (Wildman–Crippen MR) is 209 cm³/mol.